The molecule has 1 heterocycles. The number of carbonyl (C=O) groups excluding carboxylic acids is 2. The monoisotopic (exact) mass is 573 g/mol. The van der Waals surface area contributed by atoms with E-state index in [0.717, 1.165) is 12.1 Å². The Bertz CT molecular complexity index is 1120. The summed E-state index contributed by atoms with van der Waals surface area (Å²) >= 11 is 12.1. The molecule has 0 N–H and O–H groups in total. The van der Waals surface area contributed by atoms with Crippen molar-refractivity contribution < 1.29 is 50.1 Å². The van der Waals surface area contributed by atoms with E-state index in [0.29, 0.717) is 5.56 Å². The molecule has 0 radical (unpaired) electrons. The second-order valence-electron chi connectivity index (χ2n) is 7.91. The number of rotatable bonds is 7. The van der Waals surface area contributed by atoms with Crippen LogP contribution in [0.15, 0.2) is 36.4 Å². The van der Waals surface area contributed by atoms with E-state index in [1.807, 2.05) is 0 Å². The number of nitrogens with zero attached hydrogens (tertiary/aromatic N) is 1. The molecule has 0 bridgehead atoms. The first-order chi connectivity index (χ1) is 17.3. The fraction of sp³-hybridized carbons (Fsp3) is 0.391. The van der Waals surface area contributed by atoms with Crippen molar-refractivity contribution in [2.45, 2.75) is 31.5 Å². The van der Waals surface area contributed by atoms with Gasteiger partial charge in [-0.25, -0.2) is 4.79 Å². The van der Waals surface area contributed by atoms with Crippen molar-refractivity contribution in [3.63, 3.8) is 0 Å². The first kappa shape index (κ1) is 29.0. The Morgan fingerprint density at radius 1 is 1.05 bits per heavy atom. The number of ether oxygens (including phenoxy) is 3. The fourth-order valence-electron chi connectivity index (χ4n) is 3.48. The van der Waals surface area contributed by atoms with E-state index in [-0.39, 0.29) is 48.5 Å². The summed E-state index contributed by atoms with van der Waals surface area (Å²) in [5.41, 5.74) is -0.553. The van der Waals surface area contributed by atoms with Crippen molar-refractivity contribution in [3.05, 3.63) is 63.1 Å². The fourth-order valence-corrected chi connectivity index (χ4v) is 3.99. The lowest BCUT2D eigenvalue weighted by Crippen LogP contribution is -2.40. The minimum absolute atomic E-state index is 0.0488. The van der Waals surface area contributed by atoms with Gasteiger partial charge in [-0.05, 0) is 29.8 Å². The molecule has 0 aromatic heterocycles. The molecule has 1 aliphatic heterocycles. The van der Waals surface area contributed by atoms with Crippen LogP contribution in [0.1, 0.15) is 29.2 Å². The number of hydrogen-bond acceptors (Lipinski definition) is 6. The summed E-state index contributed by atoms with van der Waals surface area (Å²) < 4.78 is 92.8. The summed E-state index contributed by atoms with van der Waals surface area (Å²) in [7, 11) is 0. The first-order valence-corrected chi connectivity index (χ1v) is 11.4. The zero-order chi connectivity index (χ0) is 27.4. The molecule has 14 heteroatoms. The Hall–Kier alpha value is -2.54. The van der Waals surface area contributed by atoms with Gasteiger partial charge < -0.3 is 14.2 Å². The minimum atomic E-state index is -5.30. The van der Waals surface area contributed by atoms with Crippen LogP contribution < -0.4 is 4.74 Å². The number of esters is 2. The highest BCUT2D eigenvalue weighted by Gasteiger charge is 2.42. The summed E-state index contributed by atoms with van der Waals surface area (Å²) in [6, 6.07) is 8.06. The summed E-state index contributed by atoms with van der Waals surface area (Å²) in [6.45, 7) is 0.0132. The van der Waals surface area contributed by atoms with Crippen molar-refractivity contribution in [3.8, 4) is 5.75 Å². The highest BCUT2D eigenvalue weighted by Crippen LogP contribution is 2.39. The number of morpholine rings is 1. The van der Waals surface area contributed by atoms with Crippen LogP contribution in [0.5, 0.6) is 5.75 Å². The lowest BCUT2D eigenvalue weighted by Gasteiger charge is -2.33. The summed E-state index contributed by atoms with van der Waals surface area (Å²) in [5, 5.41) is 0.472. The number of halogens is 8. The molecule has 6 nitrogen and oxygen atoms in total. The van der Waals surface area contributed by atoms with Crippen LogP contribution >= 0.6 is 23.2 Å². The Balaban J connectivity index is 1.68. The van der Waals surface area contributed by atoms with Crippen molar-refractivity contribution in [1.82, 2.24) is 4.90 Å². The zero-order valence-corrected chi connectivity index (χ0v) is 20.3. The third-order valence-electron chi connectivity index (χ3n) is 5.34. The van der Waals surface area contributed by atoms with Crippen LogP contribution in [0.25, 0.3) is 0 Å². The van der Waals surface area contributed by atoms with E-state index in [1.165, 1.54) is 18.2 Å². The molecule has 0 spiro atoms. The van der Waals surface area contributed by atoms with Crippen LogP contribution in [0.2, 0.25) is 10.0 Å². The Kier molecular flexibility index (Phi) is 9.32. The molecule has 202 valence electrons. The van der Waals surface area contributed by atoms with Crippen molar-refractivity contribution >= 4 is 35.1 Å². The topological polar surface area (TPSA) is 65.1 Å². The van der Waals surface area contributed by atoms with Gasteiger partial charge in [0.2, 0.25) is 0 Å². The van der Waals surface area contributed by atoms with Gasteiger partial charge in [0.1, 0.15) is 12.4 Å². The molecule has 3 rings (SSSR count). The smallest absolute Gasteiger partial charge is 0.488 e. The van der Waals surface area contributed by atoms with Crippen LogP contribution in [0.3, 0.4) is 0 Å². The summed E-state index contributed by atoms with van der Waals surface area (Å²) in [4.78, 5) is 23.9. The molecule has 1 fully saturated rings. The molecule has 0 amide bonds. The molecule has 1 saturated heterocycles. The molecule has 0 saturated carbocycles. The van der Waals surface area contributed by atoms with E-state index in [1.54, 1.807) is 11.0 Å². The lowest BCUT2D eigenvalue weighted by atomic mass is 10.0. The molecular weight excluding hydrogens is 555 g/mol. The van der Waals surface area contributed by atoms with E-state index in [9.17, 15) is 35.9 Å². The van der Waals surface area contributed by atoms with Crippen molar-refractivity contribution in [2.75, 3.05) is 26.2 Å². The van der Waals surface area contributed by atoms with Gasteiger partial charge in [0.25, 0.3) is 0 Å². The van der Waals surface area contributed by atoms with Crippen molar-refractivity contribution in [2.24, 2.45) is 0 Å². The summed E-state index contributed by atoms with van der Waals surface area (Å²) in [6.07, 6.45) is -11.4. The molecule has 0 aliphatic carbocycles. The maximum atomic E-state index is 13.8. The standard InChI is InChI=1S/C23H19Cl2F6NO5/c24-16-2-1-3-17(25)14(16)12-36-18-5-4-13(10-15(18)22(26,27)28)19-11-32(8-9-35-19)7-6-20(33)37-21(34)23(29,30)31/h1-5,10,19H,6-9,11-12H2. The molecule has 1 unspecified atom stereocenters. The largest absolute Gasteiger partial charge is 0.491 e. The van der Waals surface area contributed by atoms with Crippen LogP contribution in [0.4, 0.5) is 26.3 Å². The summed E-state index contributed by atoms with van der Waals surface area (Å²) in [5.74, 6) is -4.43. The number of alkyl halides is 6. The van der Waals surface area contributed by atoms with E-state index in [4.69, 9.17) is 32.7 Å². The Morgan fingerprint density at radius 2 is 1.73 bits per heavy atom. The van der Waals surface area contributed by atoms with E-state index >= 15 is 0 Å². The number of benzene rings is 2. The maximum Gasteiger partial charge on any atom is 0.491 e. The quantitative estimate of drug-likeness (QED) is 0.230. The second-order valence-corrected chi connectivity index (χ2v) is 8.73. The lowest BCUT2D eigenvalue weighted by molar-refractivity contribution is -0.202. The Morgan fingerprint density at radius 3 is 2.35 bits per heavy atom. The van der Waals surface area contributed by atoms with Gasteiger partial charge in [-0.15, -0.1) is 0 Å². The minimum Gasteiger partial charge on any atom is -0.488 e. The van der Waals surface area contributed by atoms with Gasteiger partial charge in [-0.3, -0.25) is 9.69 Å². The first-order valence-electron chi connectivity index (χ1n) is 10.7. The molecule has 1 atom stereocenters. The average molecular weight is 574 g/mol. The third-order valence-corrected chi connectivity index (χ3v) is 6.04. The third kappa shape index (κ3) is 7.97. The van der Waals surface area contributed by atoms with Crippen LogP contribution in [0, 0.1) is 0 Å². The van der Waals surface area contributed by atoms with Gasteiger partial charge >= 0.3 is 24.3 Å². The Labute approximate surface area is 217 Å². The van der Waals surface area contributed by atoms with Gasteiger partial charge in [0.05, 0.1) is 24.7 Å². The zero-order valence-electron chi connectivity index (χ0n) is 18.8. The second kappa shape index (κ2) is 11.9. The molecular formula is C23H19Cl2F6NO5. The van der Waals surface area contributed by atoms with Gasteiger partial charge in [-0.1, -0.05) is 35.3 Å². The highest BCUT2D eigenvalue weighted by atomic mass is 35.5. The van der Waals surface area contributed by atoms with Crippen LogP contribution in [-0.4, -0.2) is 49.3 Å². The highest BCUT2D eigenvalue weighted by molar-refractivity contribution is 6.35. The molecule has 2 aromatic carbocycles. The number of hydrogen-bond donors (Lipinski definition) is 0. The van der Waals surface area contributed by atoms with Gasteiger partial charge in [0.15, 0.2) is 0 Å². The normalized spacial score (nSPS) is 16.9. The predicted octanol–water partition coefficient (Wildman–Crippen LogP) is 5.99. The van der Waals surface area contributed by atoms with E-state index < -0.39 is 48.1 Å². The van der Waals surface area contributed by atoms with Crippen molar-refractivity contribution in [1.29, 1.82) is 0 Å². The van der Waals surface area contributed by atoms with Gasteiger partial charge in [0, 0.05) is 35.2 Å². The maximum absolute atomic E-state index is 13.8. The SMILES string of the molecule is O=C(CCN1CCOC(c2ccc(OCc3c(Cl)cccc3Cl)c(C(F)(F)F)c2)C1)OC(=O)C(F)(F)F. The van der Waals surface area contributed by atoms with Crippen LogP contribution in [-0.2, 0) is 31.8 Å². The molecule has 2 aromatic rings. The molecule has 37 heavy (non-hydrogen) atoms. The number of carbonyl (C=O) groups is 2. The average Bonchev–Trinajstić information content (AvgIpc) is 2.81. The predicted molar refractivity (Wildman–Crippen MR) is 119 cm³/mol. The molecule has 1 aliphatic rings. The van der Waals surface area contributed by atoms with Gasteiger partial charge in [-0.2, -0.15) is 26.3 Å². The van der Waals surface area contributed by atoms with E-state index in [2.05, 4.69) is 4.74 Å².